The van der Waals surface area contributed by atoms with Crippen molar-refractivity contribution in [3.05, 3.63) is 101 Å². The third-order valence-corrected chi connectivity index (χ3v) is 6.73. The van der Waals surface area contributed by atoms with Crippen LogP contribution in [-0.2, 0) is 9.53 Å². The highest BCUT2D eigenvalue weighted by atomic mass is 79.9. The molecule has 0 spiro atoms. The number of hydrogen-bond acceptors (Lipinski definition) is 5. The summed E-state index contributed by atoms with van der Waals surface area (Å²) < 4.78 is 26.4. The largest absolute Gasteiger partial charge is 0.459 e. The molecule has 188 valence electrons. The first-order valence-electron chi connectivity index (χ1n) is 11.4. The van der Waals surface area contributed by atoms with E-state index in [1.165, 1.54) is 13.2 Å². The van der Waals surface area contributed by atoms with Crippen LogP contribution >= 0.6 is 28.1 Å². The summed E-state index contributed by atoms with van der Waals surface area (Å²) in [5.74, 6) is 0.371. The molecular formula is C27H22BrFN4O3S. The van der Waals surface area contributed by atoms with E-state index in [9.17, 15) is 9.18 Å². The predicted octanol–water partition coefficient (Wildman–Crippen LogP) is 6.01. The summed E-state index contributed by atoms with van der Waals surface area (Å²) in [6.45, 7) is -0.0322. The molecule has 5 rings (SSSR count). The molecule has 1 aliphatic heterocycles. The van der Waals surface area contributed by atoms with E-state index < -0.39 is 6.04 Å². The third kappa shape index (κ3) is 5.27. The first-order chi connectivity index (χ1) is 17.9. The van der Waals surface area contributed by atoms with Gasteiger partial charge in [-0.1, -0.05) is 22.0 Å². The Hall–Kier alpha value is -3.60. The molecule has 0 saturated carbocycles. The zero-order valence-corrected chi connectivity index (χ0v) is 22.1. The van der Waals surface area contributed by atoms with Gasteiger partial charge in [0.05, 0.1) is 17.3 Å². The topological polar surface area (TPSA) is 79.6 Å². The molecule has 37 heavy (non-hydrogen) atoms. The van der Waals surface area contributed by atoms with Gasteiger partial charge in [-0.2, -0.15) is 0 Å². The Morgan fingerprint density at radius 3 is 2.70 bits per heavy atom. The summed E-state index contributed by atoms with van der Waals surface area (Å²) in [6.07, 6.45) is 1.72. The highest BCUT2D eigenvalue weighted by Crippen LogP contribution is 2.43. The van der Waals surface area contributed by atoms with Crippen molar-refractivity contribution in [2.75, 3.05) is 23.9 Å². The zero-order valence-electron chi connectivity index (χ0n) is 19.7. The van der Waals surface area contributed by atoms with Gasteiger partial charge in [0.2, 0.25) is 5.91 Å². The summed E-state index contributed by atoms with van der Waals surface area (Å²) in [5, 5.41) is 6.64. The second-order valence-electron chi connectivity index (χ2n) is 8.35. The highest BCUT2D eigenvalue weighted by Gasteiger charge is 2.42. The van der Waals surface area contributed by atoms with Gasteiger partial charge in [-0.05, 0) is 78.9 Å². The van der Waals surface area contributed by atoms with E-state index in [1.54, 1.807) is 36.5 Å². The lowest BCUT2D eigenvalue weighted by Gasteiger charge is -2.26. The van der Waals surface area contributed by atoms with Gasteiger partial charge in [0.1, 0.15) is 30.0 Å². The van der Waals surface area contributed by atoms with Crippen molar-refractivity contribution in [2.24, 2.45) is 0 Å². The molecule has 10 heteroatoms. The van der Waals surface area contributed by atoms with Crippen LogP contribution in [0.1, 0.15) is 23.5 Å². The number of anilines is 2. The quantitative estimate of drug-likeness (QED) is 0.259. The van der Waals surface area contributed by atoms with E-state index in [-0.39, 0.29) is 24.4 Å². The minimum Gasteiger partial charge on any atom is -0.459 e. The normalized spacial score (nSPS) is 17.1. The molecule has 7 nitrogen and oxygen atoms in total. The number of ether oxygens (including phenoxy) is 1. The Morgan fingerprint density at radius 1 is 1.19 bits per heavy atom. The van der Waals surface area contributed by atoms with Crippen molar-refractivity contribution in [1.29, 1.82) is 0 Å². The summed E-state index contributed by atoms with van der Waals surface area (Å²) in [5.41, 5.74) is 2.57. The van der Waals surface area contributed by atoms with E-state index in [0.29, 0.717) is 32.4 Å². The molecule has 3 heterocycles. The Balaban J connectivity index is 1.52. The fourth-order valence-corrected chi connectivity index (χ4v) is 4.98. The average Bonchev–Trinajstić information content (AvgIpc) is 3.50. The molecule has 1 aliphatic rings. The van der Waals surface area contributed by atoms with Crippen LogP contribution < -0.4 is 15.5 Å². The van der Waals surface area contributed by atoms with E-state index in [2.05, 4.69) is 31.5 Å². The van der Waals surface area contributed by atoms with Gasteiger partial charge in [-0.15, -0.1) is 0 Å². The molecule has 1 amide bonds. The van der Waals surface area contributed by atoms with Crippen LogP contribution in [0.2, 0.25) is 0 Å². The number of amides is 1. The number of carbonyl (C=O) groups is 1. The first-order valence-corrected chi connectivity index (χ1v) is 12.6. The predicted molar refractivity (Wildman–Crippen MR) is 147 cm³/mol. The van der Waals surface area contributed by atoms with Crippen molar-refractivity contribution in [2.45, 2.75) is 12.1 Å². The number of furan rings is 1. The number of carbonyl (C=O) groups excluding carboxylic acids is 1. The number of halogens is 2. The number of nitrogens with one attached hydrogen (secondary N) is 2. The SMILES string of the molecule is COCC(=O)Nc1ccc(N2C(=S)N[C@@H](c3ccccn3)[C@@H]2c2ccc(-c3ccc(Br)cc3F)o2)cc1. The van der Waals surface area contributed by atoms with Crippen LogP contribution in [0.3, 0.4) is 0 Å². The second kappa shape index (κ2) is 10.8. The Labute approximate surface area is 226 Å². The van der Waals surface area contributed by atoms with E-state index in [4.69, 9.17) is 21.4 Å². The lowest BCUT2D eigenvalue weighted by molar-refractivity contribution is -0.119. The third-order valence-electron chi connectivity index (χ3n) is 5.92. The van der Waals surface area contributed by atoms with E-state index in [1.807, 2.05) is 41.3 Å². The number of thiocarbonyl (C=S) groups is 1. The zero-order chi connectivity index (χ0) is 25.9. The number of aromatic nitrogens is 1. The van der Waals surface area contributed by atoms with Crippen LogP contribution in [0.4, 0.5) is 15.8 Å². The number of methoxy groups -OCH3 is 1. The molecule has 0 bridgehead atoms. The van der Waals surface area contributed by atoms with Crippen molar-refractivity contribution >= 4 is 50.5 Å². The number of nitrogens with zero attached hydrogens (tertiary/aromatic N) is 2. The van der Waals surface area contributed by atoms with Gasteiger partial charge in [-0.3, -0.25) is 9.78 Å². The van der Waals surface area contributed by atoms with Gasteiger partial charge >= 0.3 is 0 Å². The van der Waals surface area contributed by atoms with E-state index in [0.717, 1.165) is 11.4 Å². The Morgan fingerprint density at radius 2 is 2.00 bits per heavy atom. The standard InChI is InChI=1S/C27H22BrFN4O3S/c1-35-15-24(34)31-17-6-8-18(9-7-17)33-26(25(32-27(33)37)21-4-2-3-13-30-21)23-12-11-22(36-23)19-10-5-16(28)14-20(19)29/h2-14,25-26H,15H2,1H3,(H,31,34)(H,32,37)/t25-,26-/m0/s1. The first kappa shape index (κ1) is 25.1. The summed E-state index contributed by atoms with van der Waals surface area (Å²) in [4.78, 5) is 18.4. The van der Waals surface area contributed by atoms with Crippen molar-refractivity contribution < 1.29 is 18.3 Å². The molecule has 2 atom stereocenters. The van der Waals surface area contributed by atoms with Crippen LogP contribution in [0.15, 0.2) is 87.9 Å². The molecular weight excluding hydrogens is 559 g/mol. The molecule has 0 radical (unpaired) electrons. The minimum atomic E-state index is -0.399. The maximum absolute atomic E-state index is 14.7. The van der Waals surface area contributed by atoms with Crippen LogP contribution in [-0.4, -0.2) is 29.7 Å². The lowest BCUT2D eigenvalue weighted by Crippen LogP contribution is -2.29. The summed E-state index contributed by atoms with van der Waals surface area (Å²) >= 11 is 9.03. The van der Waals surface area contributed by atoms with Crippen molar-refractivity contribution in [3.8, 4) is 11.3 Å². The molecule has 4 aromatic rings. The smallest absolute Gasteiger partial charge is 0.250 e. The molecule has 1 fully saturated rings. The average molecular weight is 581 g/mol. The lowest BCUT2D eigenvalue weighted by atomic mass is 10.0. The van der Waals surface area contributed by atoms with Crippen LogP contribution in [0, 0.1) is 5.82 Å². The van der Waals surface area contributed by atoms with E-state index >= 15 is 0 Å². The van der Waals surface area contributed by atoms with Gasteiger partial charge in [0.25, 0.3) is 0 Å². The number of rotatable bonds is 7. The van der Waals surface area contributed by atoms with Gasteiger partial charge in [0, 0.05) is 29.2 Å². The number of benzene rings is 2. The fourth-order valence-electron chi connectivity index (χ4n) is 4.30. The summed E-state index contributed by atoms with van der Waals surface area (Å²) in [6, 6.07) is 20.7. The maximum atomic E-state index is 14.7. The monoisotopic (exact) mass is 580 g/mol. The molecule has 1 saturated heterocycles. The molecule has 2 N–H and O–H groups in total. The van der Waals surface area contributed by atoms with Gasteiger partial charge < -0.3 is 24.7 Å². The minimum absolute atomic E-state index is 0.0322. The second-order valence-corrected chi connectivity index (χ2v) is 9.65. The maximum Gasteiger partial charge on any atom is 0.250 e. The Kier molecular flexibility index (Phi) is 7.31. The molecule has 0 aliphatic carbocycles. The summed E-state index contributed by atoms with van der Waals surface area (Å²) in [7, 11) is 1.47. The van der Waals surface area contributed by atoms with Crippen LogP contribution in [0.5, 0.6) is 0 Å². The molecule has 2 aromatic carbocycles. The highest BCUT2D eigenvalue weighted by molar-refractivity contribution is 9.10. The molecule has 2 aromatic heterocycles. The van der Waals surface area contributed by atoms with Gasteiger partial charge in [0.15, 0.2) is 5.11 Å². The fraction of sp³-hybridized carbons (Fsp3) is 0.148. The van der Waals surface area contributed by atoms with Crippen LogP contribution in [0.25, 0.3) is 11.3 Å². The van der Waals surface area contributed by atoms with Crippen molar-refractivity contribution in [1.82, 2.24) is 10.3 Å². The number of hydrogen-bond donors (Lipinski definition) is 2. The van der Waals surface area contributed by atoms with Crippen molar-refractivity contribution in [3.63, 3.8) is 0 Å². The Bertz CT molecular complexity index is 1430. The molecule has 0 unspecified atom stereocenters. The van der Waals surface area contributed by atoms with Gasteiger partial charge in [-0.25, -0.2) is 4.39 Å². The number of pyridine rings is 1.